The Morgan fingerprint density at radius 1 is 1.26 bits per heavy atom. The summed E-state index contributed by atoms with van der Waals surface area (Å²) < 4.78 is 47.5. The van der Waals surface area contributed by atoms with Gasteiger partial charge in [-0.05, 0) is 18.9 Å². The Morgan fingerprint density at radius 2 is 1.91 bits per heavy atom. The third-order valence-corrected chi connectivity index (χ3v) is 5.86. The first-order valence-corrected chi connectivity index (χ1v) is 11.3. The Balaban J connectivity index is 2.37. The maximum Gasteiger partial charge on any atom is 0.381 e. The van der Waals surface area contributed by atoms with Gasteiger partial charge in [0.25, 0.3) is 5.92 Å². The molecular formula is C23H32F2N2O7. The topological polar surface area (TPSA) is 117 Å². The second-order valence-electron chi connectivity index (χ2n) is 8.37. The van der Waals surface area contributed by atoms with E-state index in [0.29, 0.717) is 6.42 Å². The second kappa shape index (κ2) is 12.2. The number of hydrogen-bond donors (Lipinski definition) is 1. The van der Waals surface area contributed by atoms with Crippen molar-refractivity contribution in [1.82, 2.24) is 5.32 Å². The molecule has 9 nitrogen and oxygen atoms in total. The predicted octanol–water partition coefficient (Wildman–Crippen LogP) is 3.12. The first-order chi connectivity index (χ1) is 16.0. The van der Waals surface area contributed by atoms with E-state index in [1.165, 1.54) is 13.8 Å². The summed E-state index contributed by atoms with van der Waals surface area (Å²) in [6, 6.07) is 5.53. The first kappa shape index (κ1) is 27.6. The highest BCUT2D eigenvalue weighted by Gasteiger charge is 2.57. The van der Waals surface area contributed by atoms with E-state index >= 15 is 8.78 Å². The Labute approximate surface area is 197 Å². The molecule has 34 heavy (non-hydrogen) atoms. The van der Waals surface area contributed by atoms with Crippen molar-refractivity contribution in [3.63, 3.8) is 0 Å². The Bertz CT molecular complexity index is 840. The number of carbonyl (C=O) groups is 2. The standard InChI is InChI=1S/C23H32F2N2O7/c1-5-18-14(3)20(33-13-16-10-8-7-9-11-16)19(26-15(4)28)21(34-18)23(24,25)12-17(27(30)31)22(29)32-6-2/h7-11,14,17-21H,5-6,12-13H2,1-4H3,(H,26,28)/t14-,17?,18+,19-,20-,21-/m0/s1. The number of nitro groups is 1. The number of halogens is 2. The number of alkyl halides is 2. The molecule has 11 heteroatoms. The largest absolute Gasteiger partial charge is 0.461 e. The van der Waals surface area contributed by atoms with Crippen LogP contribution in [0.2, 0.25) is 0 Å². The lowest BCUT2D eigenvalue weighted by molar-refractivity contribution is -0.516. The third kappa shape index (κ3) is 6.92. The van der Waals surface area contributed by atoms with Crippen LogP contribution < -0.4 is 5.32 Å². The van der Waals surface area contributed by atoms with Crippen LogP contribution in [0.5, 0.6) is 0 Å². The fourth-order valence-electron chi connectivity index (χ4n) is 4.21. The van der Waals surface area contributed by atoms with Gasteiger partial charge >= 0.3 is 12.0 Å². The fourth-order valence-corrected chi connectivity index (χ4v) is 4.21. The van der Waals surface area contributed by atoms with Crippen molar-refractivity contribution < 1.29 is 37.5 Å². The highest BCUT2D eigenvalue weighted by molar-refractivity contribution is 5.74. The molecule has 6 atom stereocenters. The van der Waals surface area contributed by atoms with Crippen LogP contribution in [0, 0.1) is 16.0 Å². The lowest BCUT2D eigenvalue weighted by atomic mass is 9.82. The average Bonchev–Trinajstić information content (AvgIpc) is 2.77. The lowest BCUT2D eigenvalue weighted by Gasteiger charge is -2.48. The van der Waals surface area contributed by atoms with Gasteiger partial charge in [0.1, 0.15) is 6.10 Å². The summed E-state index contributed by atoms with van der Waals surface area (Å²) in [4.78, 5) is 34.2. The molecule has 0 saturated carbocycles. The van der Waals surface area contributed by atoms with E-state index in [1.54, 1.807) is 13.8 Å². The van der Waals surface area contributed by atoms with Crippen LogP contribution in [0.3, 0.4) is 0 Å². The second-order valence-corrected chi connectivity index (χ2v) is 8.37. The number of nitrogens with zero attached hydrogens (tertiary/aromatic N) is 1. The Hall–Kier alpha value is -2.66. The van der Waals surface area contributed by atoms with E-state index in [0.717, 1.165) is 5.56 Å². The van der Waals surface area contributed by atoms with Crippen molar-refractivity contribution in [2.45, 2.75) is 83.5 Å². The van der Waals surface area contributed by atoms with E-state index in [-0.39, 0.29) is 19.1 Å². The molecule has 1 fully saturated rings. The molecule has 2 rings (SSSR count). The van der Waals surface area contributed by atoms with Crippen LogP contribution in [-0.2, 0) is 30.4 Å². The summed E-state index contributed by atoms with van der Waals surface area (Å²) in [5.41, 5.74) is 0.815. The van der Waals surface area contributed by atoms with Crippen molar-refractivity contribution in [2.75, 3.05) is 6.61 Å². The zero-order valence-corrected chi connectivity index (χ0v) is 19.7. The smallest absolute Gasteiger partial charge is 0.381 e. The number of hydrogen-bond acceptors (Lipinski definition) is 7. The van der Waals surface area contributed by atoms with E-state index in [2.05, 4.69) is 10.1 Å². The lowest BCUT2D eigenvalue weighted by Crippen LogP contribution is -2.66. The van der Waals surface area contributed by atoms with Crippen LogP contribution in [0.15, 0.2) is 30.3 Å². The zero-order chi connectivity index (χ0) is 25.5. The highest BCUT2D eigenvalue weighted by atomic mass is 19.3. The number of ether oxygens (including phenoxy) is 3. The SMILES string of the molecule is CCOC(=O)C(CC(F)(F)[C@H]1O[C@H](CC)[C@H](C)[C@H](OCc2ccccc2)[C@@H]1NC(C)=O)[N+](=O)[O-]. The van der Waals surface area contributed by atoms with E-state index < -0.39 is 59.5 Å². The third-order valence-electron chi connectivity index (χ3n) is 5.86. The fraction of sp³-hybridized carbons (Fsp3) is 0.652. The quantitative estimate of drug-likeness (QED) is 0.290. The normalized spacial score (nSPS) is 25.9. The number of rotatable bonds is 11. The molecule has 1 N–H and O–H groups in total. The molecule has 0 radical (unpaired) electrons. The molecular weight excluding hydrogens is 454 g/mol. The maximum absolute atomic E-state index is 15.6. The van der Waals surface area contributed by atoms with E-state index in [9.17, 15) is 19.7 Å². The van der Waals surface area contributed by atoms with Crippen molar-refractivity contribution in [3.05, 3.63) is 46.0 Å². The molecule has 1 heterocycles. The van der Waals surface area contributed by atoms with Gasteiger partial charge in [-0.25, -0.2) is 13.6 Å². The molecule has 190 valence electrons. The Kier molecular flexibility index (Phi) is 9.87. The van der Waals surface area contributed by atoms with Crippen LogP contribution in [0.4, 0.5) is 8.78 Å². The van der Waals surface area contributed by atoms with E-state index in [1.807, 2.05) is 30.3 Å². The highest BCUT2D eigenvalue weighted by Crippen LogP contribution is 2.39. The minimum Gasteiger partial charge on any atom is -0.461 e. The monoisotopic (exact) mass is 486 g/mol. The van der Waals surface area contributed by atoms with Crippen LogP contribution in [0.1, 0.15) is 46.1 Å². The van der Waals surface area contributed by atoms with Gasteiger partial charge in [-0.1, -0.05) is 44.2 Å². The number of esters is 1. The summed E-state index contributed by atoms with van der Waals surface area (Å²) in [6.45, 7) is 6.08. The summed E-state index contributed by atoms with van der Waals surface area (Å²) in [5, 5.41) is 13.9. The number of benzene rings is 1. The molecule has 1 amide bonds. The average molecular weight is 487 g/mol. The van der Waals surface area contributed by atoms with Gasteiger partial charge in [-0.15, -0.1) is 0 Å². The van der Waals surface area contributed by atoms with Crippen molar-refractivity contribution in [1.29, 1.82) is 0 Å². The number of nitrogens with one attached hydrogen (secondary N) is 1. The van der Waals surface area contributed by atoms with E-state index in [4.69, 9.17) is 9.47 Å². The molecule has 0 bridgehead atoms. The number of amides is 1. The maximum atomic E-state index is 15.6. The van der Waals surface area contributed by atoms with Gasteiger partial charge in [0.2, 0.25) is 5.91 Å². The van der Waals surface area contributed by atoms with Gasteiger partial charge in [0.05, 0.1) is 37.9 Å². The molecule has 1 aliphatic rings. The summed E-state index contributed by atoms with van der Waals surface area (Å²) in [5.74, 6) is -6.15. The van der Waals surface area contributed by atoms with Crippen molar-refractivity contribution >= 4 is 11.9 Å². The molecule has 0 aromatic heterocycles. The summed E-state index contributed by atoms with van der Waals surface area (Å²) in [7, 11) is 0. The van der Waals surface area contributed by atoms with Gasteiger partial charge in [-0.2, -0.15) is 0 Å². The predicted molar refractivity (Wildman–Crippen MR) is 118 cm³/mol. The van der Waals surface area contributed by atoms with Crippen molar-refractivity contribution in [2.24, 2.45) is 5.92 Å². The minimum atomic E-state index is -3.85. The molecule has 0 spiro atoms. The van der Waals surface area contributed by atoms with Gasteiger partial charge in [0, 0.05) is 17.8 Å². The molecule has 1 aromatic rings. The van der Waals surface area contributed by atoms with Crippen molar-refractivity contribution in [3.8, 4) is 0 Å². The molecule has 1 aliphatic heterocycles. The first-order valence-electron chi connectivity index (χ1n) is 11.3. The van der Waals surface area contributed by atoms with Crippen LogP contribution in [-0.4, -0.2) is 59.7 Å². The van der Waals surface area contributed by atoms with Gasteiger partial charge in [0.15, 0.2) is 0 Å². The Morgan fingerprint density at radius 3 is 2.44 bits per heavy atom. The van der Waals surface area contributed by atoms with Crippen LogP contribution in [0.25, 0.3) is 0 Å². The molecule has 1 saturated heterocycles. The summed E-state index contributed by atoms with van der Waals surface area (Å²) in [6.07, 6.45) is -4.53. The van der Waals surface area contributed by atoms with Gasteiger partial charge in [-0.3, -0.25) is 14.9 Å². The van der Waals surface area contributed by atoms with Crippen LogP contribution >= 0.6 is 0 Å². The summed E-state index contributed by atoms with van der Waals surface area (Å²) >= 11 is 0. The molecule has 1 unspecified atom stereocenters. The van der Waals surface area contributed by atoms with Gasteiger partial charge < -0.3 is 19.5 Å². The zero-order valence-electron chi connectivity index (χ0n) is 19.7. The number of carbonyl (C=O) groups excluding carboxylic acids is 2. The molecule has 0 aliphatic carbocycles. The molecule has 1 aromatic carbocycles. The minimum absolute atomic E-state index is 0.112.